The molecule has 0 aromatic carbocycles. The van der Waals surface area contributed by atoms with E-state index in [9.17, 15) is 0 Å². The van der Waals surface area contributed by atoms with Crippen LogP contribution < -0.4 is 5.32 Å². The molecule has 3 aliphatic rings. The molecule has 0 radical (unpaired) electrons. The fourth-order valence-electron chi connectivity index (χ4n) is 5.80. The molecular weight excluding hydrogens is 432 g/mol. The number of nitrogens with zero attached hydrogens (tertiary/aromatic N) is 3. The van der Waals surface area contributed by atoms with Crippen molar-refractivity contribution in [2.75, 3.05) is 12.4 Å². The predicted molar refractivity (Wildman–Crippen MR) is 115 cm³/mol. The maximum Gasteiger partial charge on any atom is 0.204 e. The molecule has 2 bridgehead atoms. The number of hydrogen-bond donors (Lipinski definition) is 1. The van der Waals surface area contributed by atoms with Crippen molar-refractivity contribution in [3.63, 3.8) is 0 Å². The molecule has 7 heteroatoms. The first kappa shape index (κ1) is 19.3. The van der Waals surface area contributed by atoms with Crippen molar-refractivity contribution in [2.45, 2.75) is 81.6 Å². The van der Waals surface area contributed by atoms with E-state index < -0.39 is 0 Å². The molecule has 1 saturated carbocycles. The second kappa shape index (κ2) is 7.90. The summed E-state index contributed by atoms with van der Waals surface area (Å²) in [5.74, 6) is 1.15. The highest BCUT2D eigenvalue weighted by atomic mass is 79.9. The first-order valence-electron chi connectivity index (χ1n) is 10.7. The van der Waals surface area contributed by atoms with E-state index in [-0.39, 0.29) is 0 Å². The lowest BCUT2D eigenvalue weighted by Crippen LogP contribution is -2.52. The Bertz CT molecular complexity index is 917. The summed E-state index contributed by atoms with van der Waals surface area (Å²) >= 11 is 3.65. The Morgan fingerprint density at radius 1 is 1.17 bits per heavy atom. The molecule has 2 aromatic heterocycles. The highest BCUT2D eigenvalue weighted by Crippen LogP contribution is 2.41. The fraction of sp³-hybridized carbons (Fsp3) is 0.636. The van der Waals surface area contributed by atoms with Crippen molar-refractivity contribution in [3.05, 3.63) is 22.5 Å². The molecule has 4 heterocycles. The smallest absolute Gasteiger partial charge is 0.204 e. The summed E-state index contributed by atoms with van der Waals surface area (Å²) in [6, 6.07) is 6.42. The molecule has 3 atom stereocenters. The van der Waals surface area contributed by atoms with E-state index in [4.69, 9.17) is 14.4 Å². The third kappa shape index (κ3) is 3.56. The third-order valence-corrected chi connectivity index (χ3v) is 7.97. The van der Waals surface area contributed by atoms with Gasteiger partial charge in [-0.25, -0.2) is 4.98 Å². The molecule has 2 saturated heterocycles. The lowest BCUT2D eigenvalue weighted by atomic mass is 9.87. The molecule has 1 aliphatic carbocycles. The topological polar surface area (TPSA) is 74.3 Å². The maximum absolute atomic E-state index is 9.06. The minimum atomic E-state index is 0.312. The molecule has 2 aromatic rings. The number of furan rings is 1. The number of piperidine rings is 1. The summed E-state index contributed by atoms with van der Waals surface area (Å²) in [6.07, 6.45) is 12.1. The van der Waals surface area contributed by atoms with Gasteiger partial charge in [0.15, 0.2) is 5.58 Å². The number of methoxy groups -OCH3 is 1. The molecule has 5 rings (SSSR count). The Balaban J connectivity index is 1.22. The predicted octanol–water partition coefficient (Wildman–Crippen LogP) is 4.83. The molecule has 3 fully saturated rings. The Morgan fingerprint density at radius 2 is 1.86 bits per heavy atom. The number of anilines is 1. The molecule has 1 N–H and O–H groups in total. The Labute approximate surface area is 179 Å². The number of nitriles is 1. The Morgan fingerprint density at radius 3 is 2.52 bits per heavy atom. The normalized spacial score (nSPS) is 32.4. The molecule has 29 heavy (non-hydrogen) atoms. The monoisotopic (exact) mass is 458 g/mol. The summed E-state index contributed by atoms with van der Waals surface area (Å²) in [6.45, 7) is 0. The summed E-state index contributed by atoms with van der Waals surface area (Å²) in [4.78, 5) is 7.37. The van der Waals surface area contributed by atoms with E-state index in [0.29, 0.717) is 29.5 Å². The molecule has 154 valence electrons. The first-order chi connectivity index (χ1) is 14.2. The van der Waals surface area contributed by atoms with Crippen LogP contribution in [-0.4, -0.2) is 47.3 Å². The largest absolute Gasteiger partial charge is 0.444 e. The van der Waals surface area contributed by atoms with Crippen molar-refractivity contribution in [2.24, 2.45) is 0 Å². The number of halogens is 1. The van der Waals surface area contributed by atoms with E-state index in [1.165, 1.54) is 38.5 Å². The van der Waals surface area contributed by atoms with Crippen molar-refractivity contribution < 1.29 is 9.15 Å². The minimum Gasteiger partial charge on any atom is -0.444 e. The van der Waals surface area contributed by atoms with Crippen LogP contribution in [0.1, 0.15) is 57.1 Å². The van der Waals surface area contributed by atoms with E-state index in [2.05, 4.69) is 37.2 Å². The van der Waals surface area contributed by atoms with Crippen molar-refractivity contribution in [3.8, 4) is 6.07 Å². The lowest BCUT2D eigenvalue weighted by Gasteiger charge is -2.45. The number of ether oxygens (including phenoxy) is 1. The minimum absolute atomic E-state index is 0.312. The van der Waals surface area contributed by atoms with Gasteiger partial charge in [0.05, 0.1) is 16.8 Å². The van der Waals surface area contributed by atoms with Crippen LogP contribution in [0.4, 0.5) is 5.82 Å². The highest BCUT2D eigenvalue weighted by molar-refractivity contribution is 9.10. The summed E-state index contributed by atoms with van der Waals surface area (Å²) < 4.78 is 12.0. The molecule has 6 nitrogen and oxygen atoms in total. The van der Waals surface area contributed by atoms with Crippen LogP contribution in [0.5, 0.6) is 0 Å². The van der Waals surface area contributed by atoms with Gasteiger partial charge >= 0.3 is 0 Å². The standard InChI is InChI=1S/C22H27BrN4O2/c1-28-17-8-15-6-7-16(9-17)27(15)14-4-2-13(3-5-14)26-22-21(23)19-10-18(11-24)29-20(19)12-25-22/h10,12-17H,2-9H2,1H3,(H,25,26)/t13?,14?,15-,16+,17?. The van der Waals surface area contributed by atoms with Gasteiger partial charge in [0.2, 0.25) is 5.76 Å². The number of nitrogens with one attached hydrogen (secondary N) is 1. The van der Waals surface area contributed by atoms with Crippen LogP contribution in [0.25, 0.3) is 11.0 Å². The Hall–Kier alpha value is -1.62. The van der Waals surface area contributed by atoms with Crippen molar-refractivity contribution in [1.29, 1.82) is 5.26 Å². The lowest BCUT2D eigenvalue weighted by molar-refractivity contribution is -0.0199. The van der Waals surface area contributed by atoms with Gasteiger partial charge in [0.1, 0.15) is 11.9 Å². The summed E-state index contributed by atoms with van der Waals surface area (Å²) in [7, 11) is 1.87. The van der Waals surface area contributed by atoms with Crippen LogP contribution in [0.3, 0.4) is 0 Å². The maximum atomic E-state index is 9.06. The van der Waals surface area contributed by atoms with E-state index in [1.807, 2.05) is 7.11 Å². The van der Waals surface area contributed by atoms with Gasteiger partial charge in [-0.05, 0) is 67.3 Å². The zero-order valence-electron chi connectivity index (χ0n) is 16.7. The van der Waals surface area contributed by atoms with Crippen LogP contribution >= 0.6 is 15.9 Å². The number of rotatable bonds is 4. The molecular formula is C22H27BrN4O2. The van der Waals surface area contributed by atoms with Crippen molar-refractivity contribution in [1.82, 2.24) is 9.88 Å². The number of pyridine rings is 1. The van der Waals surface area contributed by atoms with Gasteiger partial charge in [0, 0.05) is 42.7 Å². The van der Waals surface area contributed by atoms with Gasteiger partial charge < -0.3 is 14.5 Å². The van der Waals surface area contributed by atoms with Crippen LogP contribution in [0, 0.1) is 11.3 Å². The van der Waals surface area contributed by atoms with E-state index >= 15 is 0 Å². The molecule has 2 aliphatic heterocycles. The average molecular weight is 459 g/mol. The number of hydrogen-bond acceptors (Lipinski definition) is 6. The van der Waals surface area contributed by atoms with Gasteiger partial charge in [-0.1, -0.05) is 0 Å². The fourth-order valence-corrected chi connectivity index (χ4v) is 6.33. The van der Waals surface area contributed by atoms with Gasteiger partial charge in [-0.3, -0.25) is 4.90 Å². The van der Waals surface area contributed by atoms with E-state index in [1.54, 1.807) is 12.3 Å². The highest BCUT2D eigenvalue weighted by Gasteiger charge is 2.44. The van der Waals surface area contributed by atoms with Gasteiger partial charge in [-0.2, -0.15) is 5.26 Å². The third-order valence-electron chi connectivity index (χ3n) is 7.17. The van der Waals surface area contributed by atoms with Gasteiger partial charge in [-0.15, -0.1) is 0 Å². The molecule has 0 spiro atoms. The zero-order chi connectivity index (χ0) is 20.0. The SMILES string of the molecule is COC1C[C@H]2CC[C@@H](C1)N2C1CCC(Nc2ncc3oc(C#N)cc3c2Br)CC1. The first-order valence-corrected chi connectivity index (χ1v) is 11.5. The summed E-state index contributed by atoms with van der Waals surface area (Å²) in [5.41, 5.74) is 0.637. The average Bonchev–Trinajstić information content (AvgIpc) is 3.29. The second-order valence-electron chi connectivity index (χ2n) is 8.73. The quantitative estimate of drug-likeness (QED) is 0.706. The second-order valence-corrected chi connectivity index (χ2v) is 9.53. The number of aromatic nitrogens is 1. The van der Waals surface area contributed by atoms with Crippen molar-refractivity contribution >= 4 is 32.7 Å². The number of fused-ring (bicyclic) bond motifs is 3. The Kier molecular flexibility index (Phi) is 5.27. The van der Waals surface area contributed by atoms with Crippen LogP contribution in [0.2, 0.25) is 0 Å². The van der Waals surface area contributed by atoms with Crippen LogP contribution in [0.15, 0.2) is 21.2 Å². The molecule has 0 amide bonds. The van der Waals surface area contributed by atoms with Crippen LogP contribution in [-0.2, 0) is 4.74 Å². The van der Waals surface area contributed by atoms with E-state index in [0.717, 1.165) is 40.6 Å². The van der Waals surface area contributed by atoms with Gasteiger partial charge in [0.25, 0.3) is 0 Å². The zero-order valence-corrected chi connectivity index (χ0v) is 18.3. The summed E-state index contributed by atoms with van der Waals surface area (Å²) in [5, 5.41) is 13.6. The molecule has 1 unspecified atom stereocenters.